The Morgan fingerprint density at radius 2 is 1.86 bits per heavy atom. The molecule has 0 aliphatic carbocycles. The van der Waals surface area contributed by atoms with E-state index in [1.54, 1.807) is 23.5 Å². The zero-order valence-corrected chi connectivity index (χ0v) is 22.3. The van der Waals surface area contributed by atoms with Gasteiger partial charge >= 0.3 is 0 Å². The molecule has 2 aliphatic rings. The van der Waals surface area contributed by atoms with Gasteiger partial charge in [0.15, 0.2) is 0 Å². The molecule has 194 valence electrons. The van der Waals surface area contributed by atoms with Crippen LogP contribution in [0, 0.1) is 5.82 Å². The summed E-state index contributed by atoms with van der Waals surface area (Å²) >= 11 is 1.75. The monoisotopic (exact) mass is 519 g/mol. The molecule has 7 heteroatoms. The van der Waals surface area contributed by atoms with Crippen LogP contribution in [0.3, 0.4) is 0 Å². The molecule has 0 radical (unpaired) electrons. The quantitative estimate of drug-likeness (QED) is 0.452. The Morgan fingerprint density at radius 3 is 2.59 bits per heavy atom. The van der Waals surface area contributed by atoms with Gasteiger partial charge in [0.2, 0.25) is 5.91 Å². The van der Waals surface area contributed by atoms with Crippen molar-refractivity contribution < 1.29 is 14.0 Å². The van der Waals surface area contributed by atoms with Crippen LogP contribution < -0.4 is 0 Å². The molecule has 1 aromatic heterocycles. The highest BCUT2D eigenvalue weighted by atomic mass is 32.1. The minimum atomic E-state index is -0.237. The maximum Gasteiger partial charge on any atom is 0.254 e. The third kappa shape index (κ3) is 5.48. The number of hydrogen-bond donors (Lipinski definition) is 0. The predicted octanol–water partition coefficient (Wildman–Crippen LogP) is 5.16. The van der Waals surface area contributed by atoms with Crippen LogP contribution in [-0.2, 0) is 17.6 Å². The van der Waals surface area contributed by atoms with Crippen LogP contribution in [0.2, 0.25) is 0 Å². The average Bonchev–Trinajstić information content (AvgIpc) is 3.40. The molecule has 0 saturated carbocycles. The second-order valence-electron chi connectivity index (χ2n) is 10.0. The first kappa shape index (κ1) is 25.6. The van der Waals surface area contributed by atoms with Gasteiger partial charge in [0.1, 0.15) is 5.82 Å². The highest BCUT2D eigenvalue weighted by molar-refractivity contribution is 7.10. The van der Waals surface area contributed by atoms with Crippen molar-refractivity contribution in [2.75, 3.05) is 32.7 Å². The van der Waals surface area contributed by atoms with E-state index in [0.29, 0.717) is 38.2 Å². The van der Waals surface area contributed by atoms with Crippen molar-refractivity contribution in [3.8, 4) is 0 Å². The fourth-order valence-corrected chi connectivity index (χ4v) is 6.51. The van der Waals surface area contributed by atoms with Crippen LogP contribution >= 0.6 is 11.3 Å². The average molecular weight is 520 g/mol. The number of benzene rings is 2. The summed E-state index contributed by atoms with van der Waals surface area (Å²) < 4.78 is 14.1. The number of amides is 2. The molecule has 1 saturated heterocycles. The predicted molar refractivity (Wildman–Crippen MR) is 145 cm³/mol. The van der Waals surface area contributed by atoms with E-state index in [1.165, 1.54) is 22.1 Å². The van der Waals surface area contributed by atoms with E-state index in [1.807, 2.05) is 47.1 Å². The SMILES string of the molecule is CCc1ccc(C(=O)N2CCN(C(=O)CCN3CCc4sccc4[C@@H]3c3cccc(F)c3)C[C@H]2C)cc1. The maximum absolute atomic E-state index is 14.1. The molecule has 0 N–H and O–H groups in total. The van der Waals surface area contributed by atoms with Crippen molar-refractivity contribution in [3.05, 3.63) is 92.9 Å². The molecule has 5 rings (SSSR count). The van der Waals surface area contributed by atoms with Crippen molar-refractivity contribution in [3.63, 3.8) is 0 Å². The summed E-state index contributed by atoms with van der Waals surface area (Å²) in [5.41, 5.74) is 4.07. The lowest BCUT2D eigenvalue weighted by Crippen LogP contribution is -2.55. The van der Waals surface area contributed by atoms with Crippen LogP contribution in [0.4, 0.5) is 4.39 Å². The Bertz CT molecular complexity index is 1260. The summed E-state index contributed by atoms with van der Waals surface area (Å²) in [6, 6.07) is 16.7. The van der Waals surface area contributed by atoms with E-state index < -0.39 is 0 Å². The Hall–Kier alpha value is -3.03. The number of hydrogen-bond acceptors (Lipinski definition) is 4. The first-order valence-corrected chi connectivity index (χ1v) is 14.1. The molecule has 37 heavy (non-hydrogen) atoms. The number of carbonyl (C=O) groups is 2. The number of halogens is 1. The zero-order valence-electron chi connectivity index (χ0n) is 21.5. The Kier molecular flexibility index (Phi) is 7.72. The van der Waals surface area contributed by atoms with Crippen LogP contribution in [0.15, 0.2) is 60.0 Å². The van der Waals surface area contributed by atoms with E-state index in [9.17, 15) is 14.0 Å². The first-order valence-electron chi connectivity index (χ1n) is 13.2. The van der Waals surface area contributed by atoms with Crippen molar-refractivity contribution in [1.29, 1.82) is 0 Å². The second kappa shape index (κ2) is 11.2. The molecule has 0 bridgehead atoms. The van der Waals surface area contributed by atoms with Gasteiger partial charge in [-0.1, -0.05) is 31.2 Å². The molecule has 2 aromatic carbocycles. The van der Waals surface area contributed by atoms with Gasteiger partial charge in [-0.2, -0.15) is 0 Å². The minimum Gasteiger partial charge on any atom is -0.339 e. The van der Waals surface area contributed by atoms with Gasteiger partial charge in [-0.05, 0) is 72.2 Å². The van der Waals surface area contributed by atoms with Gasteiger partial charge in [0.25, 0.3) is 5.91 Å². The van der Waals surface area contributed by atoms with Crippen molar-refractivity contribution in [1.82, 2.24) is 14.7 Å². The number of thiophene rings is 1. The normalized spacial score (nSPS) is 20.1. The van der Waals surface area contributed by atoms with Crippen LogP contribution in [0.25, 0.3) is 0 Å². The lowest BCUT2D eigenvalue weighted by Gasteiger charge is -2.41. The van der Waals surface area contributed by atoms with Gasteiger partial charge in [0, 0.05) is 55.6 Å². The van der Waals surface area contributed by atoms with Gasteiger partial charge < -0.3 is 9.80 Å². The Morgan fingerprint density at radius 1 is 1.05 bits per heavy atom. The number of carbonyl (C=O) groups excluding carboxylic acids is 2. The maximum atomic E-state index is 14.1. The van der Waals surface area contributed by atoms with Crippen molar-refractivity contribution in [2.45, 2.75) is 45.2 Å². The van der Waals surface area contributed by atoms with Gasteiger partial charge in [-0.3, -0.25) is 14.5 Å². The molecule has 0 spiro atoms. The summed E-state index contributed by atoms with van der Waals surface area (Å²) in [6.07, 6.45) is 2.30. The molecule has 0 unspecified atom stereocenters. The fourth-order valence-electron chi connectivity index (χ4n) is 5.61. The summed E-state index contributed by atoms with van der Waals surface area (Å²) in [4.78, 5) is 33.7. The second-order valence-corrected chi connectivity index (χ2v) is 11.0. The topological polar surface area (TPSA) is 43.9 Å². The molecule has 5 nitrogen and oxygen atoms in total. The summed E-state index contributed by atoms with van der Waals surface area (Å²) in [5, 5.41) is 2.10. The van der Waals surface area contributed by atoms with Crippen LogP contribution in [-0.4, -0.2) is 65.3 Å². The Labute approximate surface area is 222 Å². The smallest absolute Gasteiger partial charge is 0.254 e. The Balaban J connectivity index is 1.21. The van der Waals surface area contributed by atoms with E-state index >= 15 is 0 Å². The summed E-state index contributed by atoms with van der Waals surface area (Å²) in [5.74, 6) is -0.0981. The van der Waals surface area contributed by atoms with Gasteiger partial charge in [0.05, 0.1) is 6.04 Å². The lowest BCUT2D eigenvalue weighted by atomic mass is 9.93. The van der Waals surface area contributed by atoms with E-state index in [2.05, 4.69) is 23.3 Å². The minimum absolute atomic E-state index is 0.0278. The highest BCUT2D eigenvalue weighted by Crippen LogP contribution is 2.38. The standard InChI is InChI=1S/C30H34FN3O2S/c1-3-22-7-9-23(10-8-22)30(36)34-17-16-33(20-21(34)2)28(35)12-15-32-14-11-27-26(13-18-37-27)29(32)24-5-4-6-25(31)19-24/h4-10,13,18-19,21,29H,3,11-12,14-17,20H2,1-2H3/t21-,29+/m1/s1. The first-order chi connectivity index (χ1) is 17.9. The highest BCUT2D eigenvalue weighted by Gasteiger charge is 2.33. The number of nitrogens with zero attached hydrogens (tertiary/aromatic N) is 3. The van der Waals surface area contributed by atoms with Crippen molar-refractivity contribution >= 4 is 23.2 Å². The van der Waals surface area contributed by atoms with Gasteiger partial charge in [-0.25, -0.2) is 4.39 Å². The number of aryl methyl sites for hydroxylation is 1. The zero-order chi connectivity index (χ0) is 25.9. The van der Waals surface area contributed by atoms with E-state index in [0.717, 1.165) is 24.9 Å². The molecule has 3 aromatic rings. The summed E-state index contributed by atoms with van der Waals surface area (Å²) in [7, 11) is 0. The van der Waals surface area contributed by atoms with E-state index in [4.69, 9.17) is 0 Å². The van der Waals surface area contributed by atoms with Crippen LogP contribution in [0.5, 0.6) is 0 Å². The molecule has 1 fully saturated rings. The third-order valence-corrected chi connectivity index (χ3v) is 8.69. The fraction of sp³-hybridized carbons (Fsp3) is 0.400. The molecular formula is C30H34FN3O2S. The molecule has 3 heterocycles. The number of fused-ring (bicyclic) bond motifs is 1. The number of rotatable bonds is 6. The third-order valence-electron chi connectivity index (χ3n) is 7.69. The molecule has 2 atom stereocenters. The molecule has 2 amide bonds. The molecule has 2 aliphatic heterocycles. The molecular weight excluding hydrogens is 485 g/mol. The van der Waals surface area contributed by atoms with Gasteiger partial charge in [-0.15, -0.1) is 11.3 Å². The largest absolute Gasteiger partial charge is 0.339 e. The van der Waals surface area contributed by atoms with Crippen molar-refractivity contribution in [2.24, 2.45) is 0 Å². The van der Waals surface area contributed by atoms with E-state index in [-0.39, 0.29) is 29.7 Å². The lowest BCUT2D eigenvalue weighted by molar-refractivity contribution is -0.134. The summed E-state index contributed by atoms with van der Waals surface area (Å²) in [6.45, 7) is 7.20. The van der Waals surface area contributed by atoms with Crippen LogP contribution in [0.1, 0.15) is 58.2 Å². The number of piperazine rings is 1.